The summed E-state index contributed by atoms with van der Waals surface area (Å²) < 4.78 is 16.7. The van der Waals surface area contributed by atoms with Crippen LogP contribution in [0.25, 0.3) is 0 Å². The Balaban J connectivity index is 1.57. The van der Waals surface area contributed by atoms with Crippen LogP contribution in [0.1, 0.15) is 63.5 Å². The van der Waals surface area contributed by atoms with E-state index in [1.165, 1.54) is 19.3 Å². The number of hydrogen-bond donors (Lipinski definition) is 2. The van der Waals surface area contributed by atoms with Gasteiger partial charge in [0.05, 0.1) is 11.6 Å². The van der Waals surface area contributed by atoms with Crippen LogP contribution in [-0.2, 0) is 9.53 Å². The minimum absolute atomic E-state index is 0.0665. The van der Waals surface area contributed by atoms with Gasteiger partial charge in [0.15, 0.2) is 11.5 Å². The van der Waals surface area contributed by atoms with Gasteiger partial charge in [-0.1, -0.05) is 25.3 Å². The fourth-order valence-corrected chi connectivity index (χ4v) is 4.06. The molecular weight excluding hydrogens is 360 g/mol. The number of esters is 1. The highest BCUT2D eigenvalue weighted by Crippen LogP contribution is 2.37. The van der Waals surface area contributed by atoms with Crippen molar-refractivity contribution in [2.45, 2.75) is 64.0 Å². The minimum atomic E-state index is -0.593. The van der Waals surface area contributed by atoms with E-state index in [-0.39, 0.29) is 24.9 Å². The number of carbonyl (C=O) groups excluding carboxylic acids is 2. The highest BCUT2D eigenvalue weighted by Gasteiger charge is 2.34. The fraction of sp³-hybridized carbons (Fsp3) is 0.524. The van der Waals surface area contributed by atoms with Crippen molar-refractivity contribution >= 4 is 12.0 Å². The first-order valence-electron chi connectivity index (χ1n) is 10.0. The Kier molecular flexibility index (Phi) is 5.41. The van der Waals surface area contributed by atoms with Crippen molar-refractivity contribution in [2.75, 3.05) is 6.79 Å². The summed E-state index contributed by atoms with van der Waals surface area (Å²) in [7, 11) is 0. The number of hydrogen-bond acceptors (Lipinski definition) is 5. The van der Waals surface area contributed by atoms with Crippen LogP contribution in [0.4, 0.5) is 4.79 Å². The van der Waals surface area contributed by atoms with E-state index in [0.29, 0.717) is 22.8 Å². The maximum absolute atomic E-state index is 13.1. The lowest BCUT2D eigenvalue weighted by Gasteiger charge is -2.29. The Morgan fingerprint density at radius 1 is 1.07 bits per heavy atom. The summed E-state index contributed by atoms with van der Waals surface area (Å²) in [6.45, 7) is 1.90. The number of urea groups is 1. The number of rotatable bonds is 3. The summed E-state index contributed by atoms with van der Waals surface area (Å²) in [6, 6.07) is 4.49. The van der Waals surface area contributed by atoms with Crippen LogP contribution < -0.4 is 20.1 Å². The summed E-state index contributed by atoms with van der Waals surface area (Å²) in [5, 5.41) is 5.53. The zero-order valence-corrected chi connectivity index (χ0v) is 16.1. The highest BCUT2D eigenvalue weighted by molar-refractivity contribution is 5.95. The monoisotopic (exact) mass is 386 g/mol. The van der Waals surface area contributed by atoms with E-state index < -0.39 is 6.04 Å². The van der Waals surface area contributed by atoms with E-state index in [0.717, 1.165) is 31.2 Å². The first kappa shape index (κ1) is 18.7. The fourth-order valence-electron chi connectivity index (χ4n) is 4.06. The van der Waals surface area contributed by atoms with Gasteiger partial charge in [-0.05, 0) is 50.3 Å². The molecule has 1 saturated carbocycles. The largest absolute Gasteiger partial charge is 0.459 e. The lowest BCUT2D eigenvalue weighted by atomic mass is 9.94. The molecule has 2 amide bonds. The van der Waals surface area contributed by atoms with Crippen molar-refractivity contribution in [2.24, 2.45) is 0 Å². The van der Waals surface area contributed by atoms with Crippen LogP contribution in [0.2, 0.25) is 0 Å². The van der Waals surface area contributed by atoms with Crippen molar-refractivity contribution in [3.05, 3.63) is 35.0 Å². The van der Waals surface area contributed by atoms with Crippen LogP contribution in [-0.4, -0.2) is 24.9 Å². The molecule has 2 aliphatic heterocycles. The third-order valence-corrected chi connectivity index (χ3v) is 5.54. The van der Waals surface area contributed by atoms with Gasteiger partial charge in [0.2, 0.25) is 6.79 Å². The Morgan fingerprint density at radius 2 is 1.79 bits per heavy atom. The summed E-state index contributed by atoms with van der Waals surface area (Å²) in [4.78, 5) is 25.1. The van der Waals surface area contributed by atoms with Gasteiger partial charge in [-0.2, -0.15) is 0 Å². The number of allylic oxidation sites excluding steroid dienone is 1. The third kappa shape index (κ3) is 3.93. The molecule has 150 valence electrons. The summed E-state index contributed by atoms with van der Waals surface area (Å²) in [5.41, 5.74) is 1.70. The SMILES string of the molecule is CC1=C(C(=O)OC2CCCCCCC2)[C@@H](c2ccc3c(c2)OCO3)NC(=O)N1. The smallest absolute Gasteiger partial charge is 0.338 e. The molecule has 1 fully saturated rings. The molecule has 0 unspecified atom stereocenters. The lowest BCUT2D eigenvalue weighted by molar-refractivity contribution is -0.145. The third-order valence-electron chi connectivity index (χ3n) is 5.54. The molecule has 1 aromatic rings. The van der Waals surface area contributed by atoms with Crippen LogP contribution >= 0.6 is 0 Å². The molecule has 4 rings (SSSR count). The van der Waals surface area contributed by atoms with E-state index in [2.05, 4.69) is 10.6 Å². The first-order chi connectivity index (χ1) is 13.6. The molecule has 0 spiro atoms. The van der Waals surface area contributed by atoms with Crippen molar-refractivity contribution in [3.63, 3.8) is 0 Å². The van der Waals surface area contributed by atoms with Gasteiger partial charge in [0, 0.05) is 5.70 Å². The topological polar surface area (TPSA) is 85.9 Å². The predicted octanol–water partition coefficient (Wildman–Crippen LogP) is 3.70. The van der Waals surface area contributed by atoms with Gasteiger partial charge >= 0.3 is 12.0 Å². The zero-order chi connectivity index (χ0) is 19.5. The normalized spacial score (nSPS) is 22.8. The number of ether oxygens (including phenoxy) is 3. The van der Waals surface area contributed by atoms with Gasteiger partial charge in [0.25, 0.3) is 0 Å². The molecule has 1 aromatic carbocycles. The number of fused-ring (bicyclic) bond motifs is 1. The molecule has 2 N–H and O–H groups in total. The van der Waals surface area contributed by atoms with E-state index in [9.17, 15) is 9.59 Å². The van der Waals surface area contributed by atoms with Crippen LogP contribution in [0, 0.1) is 0 Å². The summed E-state index contributed by atoms with van der Waals surface area (Å²) >= 11 is 0. The number of amides is 2. The quantitative estimate of drug-likeness (QED) is 0.774. The van der Waals surface area contributed by atoms with Crippen molar-refractivity contribution < 1.29 is 23.8 Å². The van der Waals surface area contributed by atoms with E-state index in [1.54, 1.807) is 19.1 Å². The maximum Gasteiger partial charge on any atom is 0.338 e. The molecule has 0 bridgehead atoms. The van der Waals surface area contributed by atoms with E-state index >= 15 is 0 Å². The molecule has 1 aliphatic carbocycles. The van der Waals surface area contributed by atoms with Gasteiger partial charge in [-0.25, -0.2) is 9.59 Å². The van der Waals surface area contributed by atoms with Crippen molar-refractivity contribution in [1.82, 2.24) is 10.6 Å². The average molecular weight is 386 g/mol. The van der Waals surface area contributed by atoms with Crippen molar-refractivity contribution in [3.8, 4) is 11.5 Å². The predicted molar refractivity (Wildman–Crippen MR) is 102 cm³/mol. The van der Waals surface area contributed by atoms with Gasteiger partial charge in [0.1, 0.15) is 6.10 Å². The van der Waals surface area contributed by atoms with Crippen LogP contribution in [0.5, 0.6) is 11.5 Å². The molecule has 0 aromatic heterocycles. The molecule has 0 radical (unpaired) electrons. The summed E-state index contributed by atoms with van der Waals surface area (Å²) in [5.74, 6) is 0.886. The molecule has 28 heavy (non-hydrogen) atoms. The number of carbonyl (C=O) groups is 2. The second-order valence-electron chi connectivity index (χ2n) is 7.56. The molecule has 7 nitrogen and oxygen atoms in total. The molecule has 2 heterocycles. The molecular formula is C21H26N2O5. The van der Waals surface area contributed by atoms with E-state index in [4.69, 9.17) is 14.2 Å². The summed E-state index contributed by atoms with van der Waals surface area (Å²) in [6.07, 6.45) is 7.52. The number of nitrogens with one attached hydrogen (secondary N) is 2. The van der Waals surface area contributed by atoms with Gasteiger partial charge in [-0.15, -0.1) is 0 Å². The van der Waals surface area contributed by atoms with E-state index in [1.807, 2.05) is 6.07 Å². The lowest BCUT2D eigenvalue weighted by Crippen LogP contribution is -2.45. The van der Waals surface area contributed by atoms with Crippen LogP contribution in [0.15, 0.2) is 29.5 Å². The molecule has 1 atom stereocenters. The minimum Gasteiger partial charge on any atom is -0.459 e. The maximum atomic E-state index is 13.1. The Labute approximate surface area is 164 Å². The molecule has 0 saturated heterocycles. The Morgan fingerprint density at radius 3 is 2.57 bits per heavy atom. The molecule has 3 aliphatic rings. The standard InChI is InChI=1S/C21H26N2O5/c1-13-18(20(24)28-15-7-5-3-2-4-6-8-15)19(23-21(25)22-13)14-9-10-16-17(11-14)27-12-26-16/h9-11,15,19H,2-8,12H2,1H3,(H2,22,23,25)/t19-/m1/s1. The zero-order valence-electron chi connectivity index (χ0n) is 16.1. The van der Waals surface area contributed by atoms with Gasteiger partial charge in [-0.3, -0.25) is 0 Å². The Hall–Kier alpha value is -2.70. The van der Waals surface area contributed by atoms with Gasteiger partial charge < -0.3 is 24.8 Å². The molecule has 7 heteroatoms. The average Bonchev–Trinajstić information content (AvgIpc) is 3.10. The Bertz CT molecular complexity index is 796. The van der Waals surface area contributed by atoms with Crippen LogP contribution in [0.3, 0.4) is 0 Å². The van der Waals surface area contributed by atoms with Crippen molar-refractivity contribution in [1.29, 1.82) is 0 Å². The first-order valence-corrected chi connectivity index (χ1v) is 10.0. The second kappa shape index (κ2) is 8.12. The second-order valence-corrected chi connectivity index (χ2v) is 7.56. The number of benzene rings is 1. The highest BCUT2D eigenvalue weighted by atomic mass is 16.7.